The molecule has 9 aromatic rings. The van der Waals surface area contributed by atoms with Crippen molar-refractivity contribution in [2.45, 2.75) is 209 Å². The molecular weight excluding hydrogens is 825 g/mol. The van der Waals surface area contributed by atoms with Gasteiger partial charge in [-0.05, 0) is 106 Å². The minimum Gasteiger partial charge on any atom is -0.308 e. The maximum Gasteiger partial charge on any atom is 0.0995 e. The van der Waals surface area contributed by atoms with E-state index >= 15 is 0 Å². The van der Waals surface area contributed by atoms with Crippen LogP contribution in [0.1, 0.15) is 216 Å². The fourth-order valence-electron chi connectivity index (χ4n) is 14.6. The summed E-state index contributed by atoms with van der Waals surface area (Å²) in [5.41, 5.74) is 17.7. The molecule has 4 aromatic carbocycles. The molecule has 0 saturated carbocycles. The van der Waals surface area contributed by atoms with Crippen LogP contribution in [-0.4, -0.2) is 13.8 Å². The Hall–Kier alpha value is -4.88. The van der Waals surface area contributed by atoms with Crippen LogP contribution < -0.4 is 0 Å². The van der Waals surface area contributed by atoms with Crippen LogP contribution in [-0.2, 0) is 43.3 Å². The Labute approximate surface area is 406 Å². The predicted octanol–water partition coefficient (Wildman–Crippen LogP) is 17.6. The van der Waals surface area contributed by atoms with Gasteiger partial charge in [-0.25, -0.2) is 0 Å². The Morgan fingerprint density at radius 3 is 1.21 bits per heavy atom. The van der Waals surface area contributed by atoms with Gasteiger partial charge in [-0.15, -0.1) is 0 Å². The number of benzene rings is 4. The van der Waals surface area contributed by atoms with E-state index in [0.29, 0.717) is 0 Å². The van der Waals surface area contributed by atoms with E-state index in [9.17, 15) is 5.26 Å². The Kier molecular flexibility index (Phi) is 8.15. The molecule has 4 nitrogen and oxygen atoms in total. The zero-order valence-electron chi connectivity index (χ0n) is 46.3. The Balaban J connectivity index is 1.47. The van der Waals surface area contributed by atoms with Crippen molar-refractivity contribution in [3.8, 4) is 6.07 Å². The summed E-state index contributed by atoms with van der Waals surface area (Å²) in [5.74, 6) is 0. The van der Waals surface area contributed by atoms with Crippen LogP contribution >= 0.6 is 0 Å². The van der Waals surface area contributed by atoms with E-state index in [1.165, 1.54) is 115 Å². The lowest BCUT2D eigenvalue weighted by atomic mass is 9.59. The zero-order valence-corrected chi connectivity index (χ0v) is 46.3. The Bertz CT molecular complexity index is 3810. The molecule has 0 unspecified atom stereocenters. The van der Waals surface area contributed by atoms with Crippen molar-refractivity contribution in [1.29, 1.82) is 5.26 Å². The van der Waals surface area contributed by atoms with Crippen molar-refractivity contribution in [3.05, 3.63) is 86.7 Å². The lowest BCUT2D eigenvalue weighted by molar-refractivity contribution is 0.124. The second-order valence-electron chi connectivity index (χ2n) is 29.4. The summed E-state index contributed by atoms with van der Waals surface area (Å²) in [7, 11) is 0. The smallest absolute Gasteiger partial charge is 0.0995 e. The van der Waals surface area contributed by atoms with E-state index in [1.807, 2.05) is 0 Å². The van der Waals surface area contributed by atoms with Crippen molar-refractivity contribution >= 4 is 76.2 Å². The molecule has 2 aliphatic rings. The summed E-state index contributed by atoms with van der Waals surface area (Å²) in [6.07, 6.45) is 2.24. The van der Waals surface area contributed by atoms with Gasteiger partial charge in [0.1, 0.15) is 0 Å². The van der Waals surface area contributed by atoms with E-state index in [0.717, 1.165) is 11.1 Å². The van der Waals surface area contributed by atoms with Gasteiger partial charge in [0.05, 0.1) is 56.6 Å². The Morgan fingerprint density at radius 2 is 0.779 bits per heavy atom. The molecule has 68 heavy (non-hydrogen) atoms. The summed E-state index contributed by atoms with van der Waals surface area (Å²) in [4.78, 5) is 5.56. The number of fused-ring (bicyclic) bond motifs is 16. The molecule has 2 aliphatic carbocycles. The van der Waals surface area contributed by atoms with Crippen molar-refractivity contribution in [2.75, 3.05) is 0 Å². The number of rotatable bonds is 0. The van der Waals surface area contributed by atoms with E-state index in [2.05, 4.69) is 218 Å². The fraction of sp³-hybridized carbons (Fsp3) is 0.531. The average molecular weight is 903 g/mol. The molecule has 0 amide bonds. The quantitative estimate of drug-likeness (QED) is 0.152. The molecule has 5 heterocycles. The van der Waals surface area contributed by atoms with Crippen LogP contribution in [0.4, 0.5) is 0 Å². The highest BCUT2D eigenvalue weighted by molar-refractivity contribution is 6.32. The lowest BCUT2D eigenvalue weighted by Gasteiger charge is -2.44. The van der Waals surface area contributed by atoms with Gasteiger partial charge < -0.3 is 8.80 Å². The monoisotopic (exact) mass is 903 g/mol. The number of nitrogens with zero attached hydrogens (tertiary/aromatic N) is 4. The summed E-state index contributed by atoms with van der Waals surface area (Å²) < 4.78 is 5.28. The van der Waals surface area contributed by atoms with Gasteiger partial charge in [-0.1, -0.05) is 178 Å². The number of aromatic nitrogens is 3. The summed E-state index contributed by atoms with van der Waals surface area (Å²) in [5, 5.41) is 22.0. The topological polar surface area (TPSA) is 45.5 Å². The molecular formula is C64H78N4. The normalized spacial score (nSPS) is 19.9. The number of pyridine rings is 1. The van der Waals surface area contributed by atoms with Gasteiger partial charge in [0.15, 0.2) is 0 Å². The molecule has 354 valence electrons. The van der Waals surface area contributed by atoms with Crippen molar-refractivity contribution in [2.24, 2.45) is 10.8 Å². The molecule has 0 N–H and O–H groups in total. The molecule has 0 atom stereocenters. The van der Waals surface area contributed by atoms with E-state index in [4.69, 9.17) is 4.98 Å². The number of hydrogen-bond donors (Lipinski definition) is 0. The second kappa shape index (κ2) is 12.2. The minimum atomic E-state index is -0.224. The first-order chi connectivity index (χ1) is 30.8. The van der Waals surface area contributed by atoms with Crippen LogP contribution in [0.25, 0.3) is 76.2 Å². The summed E-state index contributed by atoms with van der Waals surface area (Å²) in [6.45, 7) is 58.1. The van der Waals surface area contributed by atoms with Gasteiger partial charge in [0.2, 0.25) is 0 Å². The van der Waals surface area contributed by atoms with Gasteiger partial charge in [-0.3, -0.25) is 4.98 Å². The number of nitriles is 1. The van der Waals surface area contributed by atoms with Crippen LogP contribution in [0.3, 0.4) is 0 Å². The highest BCUT2D eigenvalue weighted by Gasteiger charge is 2.60. The molecule has 0 radical (unpaired) electrons. The van der Waals surface area contributed by atoms with E-state index in [1.54, 1.807) is 0 Å². The maximum absolute atomic E-state index is 11.3. The van der Waals surface area contributed by atoms with Crippen LogP contribution in [0.2, 0.25) is 0 Å². The van der Waals surface area contributed by atoms with Gasteiger partial charge in [0, 0.05) is 48.5 Å². The zero-order chi connectivity index (χ0) is 50.1. The standard InChI is InChI=1S/C64H78N4/c1-55(2,3)35-28-37(57(7,8)9)45-47-41(25-32(30-65)49-50(47)60(15,16)63(21,22)59(49,13)14)67-39-26-34-40(27-33(39)43(35)52(45)67)68-42-31-66-54-51(61(17,18)64(23,24)62(54,19)20)48(42)46-38(58(10,11)12)29-36(56(4,5)6)44(34)53(46)68/h25-29,31H,1-24H3. The molecule has 0 spiro atoms. The summed E-state index contributed by atoms with van der Waals surface area (Å²) in [6, 6.07) is 15.4. The summed E-state index contributed by atoms with van der Waals surface area (Å²) >= 11 is 0. The average Bonchev–Trinajstić information content (AvgIpc) is 3.95. The molecule has 0 fully saturated rings. The predicted molar refractivity (Wildman–Crippen MR) is 293 cm³/mol. The molecule has 0 aliphatic heterocycles. The molecule has 5 aromatic heterocycles. The third-order valence-electron chi connectivity index (χ3n) is 20.6. The molecule has 4 heteroatoms. The maximum atomic E-state index is 11.3. The van der Waals surface area contributed by atoms with Gasteiger partial charge in [-0.2, -0.15) is 5.26 Å². The lowest BCUT2D eigenvalue weighted by Crippen LogP contribution is -2.42. The third kappa shape index (κ3) is 4.82. The third-order valence-corrected chi connectivity index (χ3v) is 20.6. The Morgan fingerprint density at radius 1 is 0.412 bits per heavy atom. The minimum absolute atomic E-state index is 0.0343. The van der Waals surface area contributed by atoms with Crippen LogP contribution in [0, 0.1) is 22.2 Å². The van der Waals surface area contributed by atoms with E-state index in [-0.39, 0.29) is 54.1 Å². The SMILES string of the molecule is CC(C)(C)c1cc(C(C)(C)C)c2c3c4c(ncc3n3c5cc6c7c(C(C)(C)C)cc(C(C)(C)C)c8c9c%10c(c(C#N)cc9n(c6cc5c1c23)c78)C(C)(C)C(C)(C)C%10(C)C)C(C)(C)C(C)(C)C4(C)C. The fourth-order valence-corrected chi connectivity index (χ4v) is 14.6. The first-order valence-electron chi connectivity index (χ1n) is 25.7. The highest BCUT2D eigenvalue weighted by Crippen LogP contribution is 2.67. The van der Waals surface area contributed by atoms with Gasteiger partial charge in [0.25, 0.3) is 0 Å². The first kappa shape index (κ1) is 45.6. The highest BCUT2D eigenvalue weighted by atomic mass is 15.0. The molecule has 0 bridgehead atoms. The van der Waals surface area contributed by atoms with Crippen molar-refractivity contribution in [3.63, 3.8) is 0 Å². The van der Waals surface area contributed by atoms with Crippen LogP contribution in [0.15, 0.2) is 36.5 Å². The first-order valence-corrected chi connectivity index (χ1v) is 25.7. The van der Waals surface area contributed by atoms with Crippen LogP contribution in [0.5, 0.6) is 0 Å². The van der Waals surface area contributed by atoms with Crippen molar-refractivity contribution in [1.82, 2.24) is 13.8 Å². The largest absolute Gasteiger partial charge is 0.308 e. The van der Waals surface area contributed by atoms with Gasteiger partial charge >= 0.3 is 0 Å². The van der Waals surface area contributed by atoms with Crippen molar-refractivity contribution < 1.29 is 0 Å². The van der Waals surface area contributed by atoms with E-state index < -0.39 is 0 Å². The second-order valence-corrected chi connectivity index (χ2v) is 29.4. The molecule has 11 rings (SSSR count). The molecule has 0 saturated heterocycles. The number of hydrogen-bond acceptors (Lipinski definition) is 2.